The van der Waals surface area contributed by atoms with Crippen molar-refractivity contribution in [3.8, 4) is 0 Å². The van der Waals surface area contributed by atoms with Crippen molar-refractivity contribution in [2.75, 3.05) is 0 Å². The number of nitrogens with one attached hydrogen (secondary N) is 3. The van der Waals surface area contributed by atoms with Crippen LogP contribution in [0.25, 0.3) is 0 Å². The van der Waals surface area contributed by atoms with E-state index in [1.807, 2.05) is 6.07 Å². The lowest BCUT2D eigenvalue weighted by Crippen LogP contribution is -2.47. The summed E-state index contributed by atoms with van der Waals surface area (Å²) in [7, 11) is 0. The number of hydrogen-bond acceptors (Lipinski definition) is 3. The Kier molecular flexibility index (Phi) is 4.41. The lowest BCUT2D eigenvalue weighted by atomic mass is 10.2. The average molecular weight is 237 g/mol. The normalized spacial score (nSPS) is 9.06. The number of carbonyl (C=O) groups is 2. The number of rotatable bonds is 1. The molecule has 0 unspecified atom stereocenters. The van der Waals surface area contributed by atoms with Crippen LogP contribution in [-0.2, 0) is 4.79 Å². The van der Waals surface area contributed by atoms with Gasteiger partial charge in [-0.05, 0) is 24.4 Å². The van der Waals surface area contributed by atoms with E-state index in [9.17, 15) is 9.59 Å². The van der Waals surface area contributed by atoms with Gasteiger partial charge in [0.05, 0.1) is 0 Å². The van der Waals surface area contributed by atoms with Gasteiger partial charge in [0.25, 0.3) is 5.91 Å². The summed E-state index contributed by atoms with van der Waals surface area (Å²) in [6.45, 7) is 1.33. The van der Waals surface area contributed by atoms with Gasteiger partial charge in [0.15, 0.2) is 5.11 Å². The number of benzene rings is 1. The van der Waals surface area contributed by atoms with Crippen molar-refractivity contribution in [3.05, 3.63) is 35.9 Å². The van der Waals surface area contributed by atoms with E-state index in [1.165, 1.54) is 6.92 Å². The SMILES string of the molecule is CC(=O)NC(=S)NNC(=O)c1ccccc1. The van der Waals surface area contributed by atoms with Crippen molar-refractivity contribution in [1.29, 1.82) is 0 Å². The van der Waals surface area contributed by atoms with E-state index in [-0.39, 0.29) is 16.9 Å². The third-order valence-electron chi connectivity index (χ3n) is 1.62. The quantitative estimate of drug-likeness (QED) is 0.486. The second-order valence-corrected chi connectivity index (χ2v) is 3.36. The Morgan fingerprint density at radius 1 is 1.12 bits per heavy atom. The van der Waals surface area contributed by atoms with Gasteiger partial charge in [-0.25, -0.2) is 0 Å². The molecule has 0 aliphatic carbocycles. The van der Waals surface area contributed by atoms with Crippen molar-refractivity contribution >= 4 is 29.1 Å². The molecule has 0 spiro atoms. The van der Waals surface area contributed by atoms with Gasteiger partial charge in [0.1, 0.15) is 0 Å². The molecule has 0 saturated heterocycles. The van der Waals surface area contributed by atoms with Crippen molar-refractivity contribution in [3.63, 3.8) is 0 Å². The van der Waals surface area contributed by atoms with Crippen LogP contribution >= 0.6 is 12.2 Å². The molecule has 1 rings (SSSR count). The second kappa shape index (κ2) is 5.82. The Balaban J connectivity index is 2.42. The summed E-state index contributed by atoms with van der Waals surface area (Å²) >= 11 is 4.74. The molecule has 0 aliphatic rings. The lowest BCUT2D eigenvalue weighted by molar-refractivity contribution is -0.117. The molecule has 84 valence electrons. The van der Waals surface area contributed by atoms with Crippen molar-refractivity contribution in [1.82, 2.24) is 16.2 Å². The minimum atomic E-state index is -0.326. The number of amides is 2. The fraction of sp³-hybridized carbons (Fsp3) is 0.100. The van der Waals surface area contributed by atoms with Gasteiger partial charge < -0.3 is 5.32 Å². The summed E-state index contributed by atoms with van der Waals surface area (Å²) in [5.41, 5.74) is 5.27. The molecule has 16 heavy (non-hydrogen) atoms. The summed E-state index contributed by atoms with van der Waals surface area (Å²) in [5.74, 6) is -0.625. The van der Waals surface area contributed by atoms with E-state index in [4.69, 9.17) is 12.2 Å². The van der Waals surface area contributed by atoms with E-state index in [1.54, 1.807) is 24.3 Å². The van der Waals surface area contributed by atoms with Crippen molar-refractivity contribution < 1.29 is 9.59 Å². The summed E-state index contributed by atoms with van der Waals surface area (Å²) in [5, 5.41) is 2.37. The number of thiocarbonyl (C=S) groups is 1. The summed E-state index contributed by atoms with van der Waals surface area (Å²) in [6, 6.07) is 8.64. The van der Waals surface area contributed by atoms with E-state index in [0.717, 1.165) is 0 Å². The Labute approximate surface area is 98.2 Å². The maximum absolute atomic E-state index is 11.5. The van der Waals surface area contributed by atoms with Gasteiger partial charge in [-0.15, -0.1) is 0 Å². The molecule has 0 fully saturated rings. The maximum Gasteiger partial charge on any atom is 0.269 e. The van der Waals surface area contributed by atoms with Crippen LogP contribution in [0, 0.1) is 0 Å². The van der Waals surface area contributed by atoms with Crippen LogP contribution in [0.4, 0.5) is 0 Å². The van der Waals surface area contributed by atoms with Gasteiger partial charge in [-0.1, -0.05) is 18.2 Å². The molecule has 0 radical (unpaired) electrons. The van der Waals surface area contributed by atoms with Gasteiger partial charge in [-0.3, -0.25) is 20.4 Å². The highest BCUT2D eigenvalue weighted by Crippen LogP contribution is 1.96. The standard InChI is InChI=1S/C10H11N3O2S/c1-7(14)11-10(16)13-12-9(15)8-5-3-2-4-6-8/h2-6H,1H3,(H,12,15)(H2,11,13,14,16). The highest BCUT2D eigenvalue weighted by Gasteiger charge is 2.04. The molecule has 3 N–H and O–H groups in total. The second-order valence-electron chi connectivity index (χ2n) is 2.96. The van der Waals surface area contributed by atoms with Crippen LogP contribution in [0.3, 0.4) is 0 Å². The third-order valence-corrected chi connectivity index (χ3v) is 1.82. The number of hydrogen-bond donors (Lipinski definition) is 3. The monoisotopic (exact) mass is 237 g/mol. The van der Waals surface area contributed by atoms with Crippen LogP contribution in [0.5, 0.6) is 0 Å². The highest BCUT2D eigenvalue weighted by atomic mass is 32.1. The molecule has 0 saturated carbocycles. The Bertz CT molecular complexity index is 406. The first-order valence-electron chi connectivity index (χ1n) is 4.52. The summed E-state index contributed by atoms with van der Waals surface area (Å²) in [4.78, 5) is 22.1. The summed E-state index contributed by atoms with van der Waals surface area (Å²) < 4.78 is 0. The predicted octanol–water partition coefficient (Wildman–Crippen LogP) is 0.342. The largest absolute Gasteiger partial charge is 0.302 e. The van der Waals surface area contributed by atoms with Gasteiger partial charge in [-0.2, -0.15) is 0 Å². The minimum Gasteiger partial charge on any atom is -0.302 e. The molecule has 0 heterocycles. The lowest BCUT2D eigenvalue weighted by Gasteiger charge is -2.09. The van der Waals surface area contributed by atoms with Gasteiger partial charge in [0, 0.05) is 12.5 Å². The zero-order chi connectivity index (χ0) is 12.0. The van der Waals surface area contributed by atoms with Crippen molar-refractivity contribution in [2.24, 2.45) is 0 Å². The first-order valence-corrected chi connectivity index (χ1v) is 4.93. The zero-order valence-corrected chi connectivity index (χ0v) is 9.43. The topological polar surface area (TPSA) is 70.2 Å². The van der Waals surface area contributed by atoms with Crippen LogP contribution in [0.1, 0.15) is 17.3 Å². The van der Waals surface area contributed by atoms with Crippen LogP contribution in [0.15, 0.2) is 30.3 Å². The molecule has 5 nitrogen and oxygen atoms in total. The van der Waals surface area contributed by atoms with E-state index >= 15 is 0 Å². The van der Waals surface area contributed by atoms with E-state index in [0.29, 0.717) is 5.56 Å². The van der Waals surface area contributed by atoms with Crippen LogP contribution in [-0.4, -0.2) is 16.9 Å². The molecule has 0 aliphatic heterocycles. The predicted molar refractivity (Wildman–Crippen MR) is 63.5 cm³/mol. The minimum absolute atomic E-state index is 0.0526. The molecule has 1 aromatic rings. The Morgan fingerprint density at radius 3 is 2.31 bits per heavy atom. The molecule has 0 atom stereocenters. The molecule has 1 aromatic carbocycles. The summed E-state index contributed by atoms with van der Waals surface area (Å²) in [6.07, 6.45) is 0. The zero-order valence-electron chi connectivity index (χ0n) is 8.61. The number of carbonyl (C=O) groups excluding carboxylic acids is 2. The average Bonchev–Trinajstić information content (AvgIpc) is 2.26. The highest BCUT2D eigenvalue weighted by molar-refractivity contribution is 7.80. The first-order chi connectivity index (χ1) is 7.59. The van der Waals surface area contributed by atoms with Crippen molar-refractivity contribution in [2.45, 2.75) is 6.92 Å². The van der Waals surface area contributed by atoms with Crippen LogP contribution in [0.2, 0.25) is 0 Å². The van der Waals surface area contributed by atoms with E-state index in [2.05, 4.69) is 16.2 Å². The molecule has 0 aromatic heterocycles. The molecule has 6 heteroatoms. The fourth-order valence-corrected chi connectivity index (χ4v) is 1.16. The maximum atomic E-state index is 11.5. The molecule has 0 bridgehead atoms. The smallest absolute Gasteiger partial charge is 0.269 e. The Morgan fingerprint density at radius 2 is 1.75 bits per heavy atom. The Hall–Kier alpha value is -1.95. The van der Waals surface area contributed by atoms with E-state index < -0.39 is 0 Å². The number of hydrazine groups is 1. The van der Waals surface area contributed by atoms with Crippen LogP contribution < -0.4 is 16.2 Å². The fourth-order valence-electron chi connectivity index (χ4n) is 0.966. The molecule has 2 amide bonds. The third kappa shape index (κ3) is 4.05. The van der Waals surface area contributed by atoms with Gasteiger partial charge >= 0.3 is 0 Å². The molecular formula is C10H11N3O2S. The first kappa shape index (κ1) is 12.1. The molecular weight excluding hydrogens is 226 g/mol. The van der Waals surface area contributed by atoms with Gasteiger partial charge in [0.2, 0.25) is 5.91 Å².